The molecule has 66 heavy (non-hydrogen) atoms. The molecular formula is C51H69F5NO7PS. The first-order chi connectivity index (χ1) is 31.5. The molecule has 2 saturated carbocycles. The van der Waals surface area contributed by atoms with Crippen molar-refractivity contribution in [3.8, 4) is 5.75 Å². The van der Waals surface area contributed by atoms with Crippen LogP contribution in [0.5, 0.6) is 5.75 Å². The third-order valence-electron chi connectivity index (χ3n) is 14.2. The Bertz CT molecular complexity index is 1970. The quantitative estimate of drug-likeness (QED) is 0.0258. The number of phosphoric acid groups is 1. The van der Waals surface area contributed by atoms with Gasteiger partial charge in [-0.3, -0.25) is 13.8 Å². The maximum Gasteiger partial charge on any atom is 0.530 e. The zero-order valence-electron chi connectivity index (χ0n) is 38.8. The summed E-state index contributed by atoms with van der Waals surface area (Å²) in [6, 6.07) is 25.1. The van der Waals surface area contributed by atoms with E-state index < -0.39 is 43.9 Å². The number of unbranched alkanes of at least 4 members (excludes halogenated alkanes) is 6. The summed E-state index contributed by atoms with van der Waals surface area (Å²) in [7, 11) is -0.167. The molecule has 366 valence electrons. The van der Waals surface area contributed by atoms with Crippen LogP contribution in [-0.4, -0.2) is 65.8 Å². The second-order valence-corrected chi connectivity index (χ2v) is 22.5. The van der Waals surface area contributed by atoms with Crippen molar-refractivity contribution < 1.29 is 54.2 Å². The zero-order valence-corrected chi connectivity index (χ0v) is 40.5. The topological polar surface area (TPSA) is 97.4 Å². The van der Waals surface area contributed by atoms with Crippen LogP contribution in [0.4, 0.5) is 22.0 Å². The van der Waals surface area contributed by atoms with Crippen LogP contribution < -0.4 is 4.52 Å². The maximum atomic E-state index is 14.4. The van der Waals surface area contributed by atoms with Crippen LogP contribution in [0, 0.1) is 23.2 Å². The minimum atomic E-state index is -5.58. The van der Waals surface area contributed by atoms with Crippen LogP contribution >= 0.6 is 7.82 Å². The highest BCUT2D eigenvalue weighted by atomic mass is 32.2. The number of nitrogens with zero attached hydrogens (tertiary/aromatic N) is 1. The van der Waals surface area contributed by atoms with Gasteiger partial charge in [0.1, 0.15) is 23.4 Å². The molecule has 3 aliphatic carbocycles. The van der Waals surface area contributed by atoms with Gasteiger partial charge in [-0.2, -0.15) is 22.0 Å². The lowest BCUT2D eigenvalue weighted by atomic mass is 9.52. The van der Waals surface area contributed by atoms with E-state index >= 15 is 0 Å². The van der Waals surface area contributed by atoms with E-state index in [0.717, 1.165) is 88.2 Å². The van der Waals surface area contributed by atoms with Gasteiger partial charge in [0.2, 0.25) is 0 Å². The zero-order chi connectivity index (χ0) is 47.4. The predicted octanol–water partition coefficient (Wildman–Crippen LogP) is 13.4. The van der Waals surface area contributed by atoms with Gasteiger partial charge in [-0.05, 0) is 130 Å². The monoisotopic (exact) mass is 965 g/mol. The first-order valence-electron chi connectivity index (χ1n) is 23.9. The molecule has 6 rings (SSSR count). The molecular weight excluding hydrogens is 897 g/mol. The number of benzene rings is 3. The van der Waals surface area contributed by atoms with Crippen LogP contribution in [-0.2, 0) is 54.0 Å². The lowest BCUT2D eigenvalue weighted by molar-refractivity contribution is -0.284. The Kier molecular flexibility index (Phi) is 19.1. The van der Waals surface area contributed by atoms with Crippen molar-refractivity contribution in [2.24, 2.45) is 23.2 Å². The third kappa shape index (κ3) is 14.5. The van der Waals surface area contributed by atoms with E-state index in [2.05, 4.69) is 13.0 Å². The van der Waals surface area contributed by atoms with Gasteiger partial charge in [0.25, 0.3) is 0 Å². The maximum absolute atomic E-state index is 14.4. The molecule has 1 unspecified atom stereocenters. The van der Waals surface area contributed by atoms with Crippen LogP contribution in [0.2, 0.25) is 0 Å². The molecule has 0 radical (unpaired) electrons. The van der Waals surface area contributed by atoms with Gasteiger partial charge >= 0.3 is 25.9 Å². The van der Waals surface area contributed by atoms with Crippen molar-refractivity contribution >= 4 is 25.0 Å². The highest BCUT2D eigenvalue weighted by Gasteiger charge is 2.58. The van der Waals surface area contributed by atoms with Crippen molar-refractivity contribution in [1.29, 1.82) is 0 Å². The molecule has 3 aliphatic rings. The van der Waals surface area contributed by atoms with Gasteiger partial charge < -0.3 is 18.7 Å². The van der Waals surface area contributed by atoms with Gasteiger partial charge in [0, 0.05) is 18.4 Å². The fourth-order valence-corrected chi connectivity index (χ4v) is 13.1. The Labute approximate surface area is 391 Å². The normalized spacial score (nSPS) is 23.5. The summed E-state index contributed by atoms with van der Waals surface area (Å²) in [4.78, 5) is 15.0. The SMILES string of the molecule is CN(C)CCC(=O)O[C@H]1CC[C@H]2[C@@H]3[C@H](CCCCCCCCC[S+]([O-])CCCC(F)(F)C(F)(F)F)Cc4cc(OP(=O)(OCc5ccccc5)OCc5ccccc5)ccc4[C@H]3CC[C@]12C. The summed E-state index contributed by atoms with van der Waals surface area (Å²) in [5.74, 6) is -2.74. The number of carbonyl (C=O) groups is 1. The van der Waals surface area contributed by atoms with Gasteiger partial charge in [-0.15, -0.1) is 0 Å². The number of rotatable bonds is 26. The smallest absolute Gasteiger partial charge is 0.530 e. The average Bonchev–Trinajstić information content (AvgIpc) is 3.61. The van der Waals surface area contributed by atoms with Crippen molar-refractivity contribution in [2.45, 2.75) is 147 Å². The van der Waals surface area contributed by atoms with E-state index in [1.807, 2.05) is 91.8 Å². The molecule has 0 aliphatic heterocycles. The molecule has 0 heterocycles. The summed E-state index contributed by atoms with van der Waals surface area (Å²) >= 11 is -1.41. The van der Waals surface area contributed by atoms with Crippen molar-refractivity contribution in [3.63, 3.8) is 0 Å². The minimum Gasteiger partial charge on any atom is -0.616 e. The summed E-state index contributed by atoms with van der Waals surface area (Å²) in [5.41, 5.74) is 4.08. The molecule has 0 saturated heterocycles. The number of hydrogen-bond donors (Lipinski definition) is 0. The van der Waals surface area contributed by atoms with Crippen LogP contribution in [0.25, 0.3) is 0 Å². The predicted molar refractivity (Wildman–Crippen MR) is 249 cm³/mol. The summed E-state index contributed by atoms with van der Waals surface area (Å²) < 4.78 is 115. The highest BCUT2D eigenvalue weighted by molar-refractivity contribution is 7.91. The lowest BCUT2D eigenvalue weighted by Gasteiger charge is -2.53. The van der Waals surface area contributed by atoms with Crippen molar-refractivity contribution in [2.75, 3.05) is 32.1 Å². The van der Waals surface area contributed by atoms with Crippen molar-refractivity contribution in [3.05, 3.63) is 101 Å². The number of fused-ring (bicyclic) bond motifs is 5. The Balaban J connectivity index is 1.09. The van der Waals surface area contributed by atoms with E-state index in [1.54, 1.807) is 0 Å². The summed E-state index contributed by atoms with van der Waals surface area (Å²) in [6.07, 6.45) is 5.22. The number of hydrogen-bond acceptors (Lipinski definition) is 8. The lowest BCUT2D eigenvalue weighted by Crippen LogP contribution is -2.48. The molecule has 0 amide bonds. The highest BCUT2D eigenvalue weighted by Crippen LogP contribution is 2.64. The number of ether oxygens (including phenoxy) is 1. The van der Waals surface area contributed by atoms with E-state index in [9.17, 15) is 35.9 Å². The van der Waals surface area contributed by atoms with Crippen LogP contribution in [0.15, 0.2) is 78.9 Å². The van der Waals surface area contributed by atoms with Crippen LogP contribution in [0.1, 0.15) is 131 Å². The molecule has 3 aromatic carbocycles. The first kappa shape index (κ1) is 52.4. The molecule has 7 atom stereocenters. The Morgan fingerprint density at radius 3 is 2.05 bits per heavy atom. The average molecular weight is 966 g/mol. The van der Waals surface area contributed by atoms with Gasteiger partial charge in [-0.25, -0.2) is 4.57 Å². The summed E-state index contributed by atoms with van der Waals surface area (Å²) in [5, 5.41) is 0. The van der Waals surface area contributed by atoms with E-state index in [-0.39, 0.29) is 36.5 Å². The minimum absolute atomic E-state index is 0.0550. The van der Waals surface area contributed by atoms with Gasteiger partial charge in [0.15, 0.2) is 0 Å². The molecule has 0 bridgehead atoms. The fourth-order valence-electron chi connectivity index (χ4n) is 10.7. The molecule has 0 spiro atoms. The van der Waals surface area contributed by atoms with E-state index in [0.29, 0.717) is 54.6 Å². The second kappa shape index (κ2) is 24.0. The van der Waals surface area contributed by atoms with E-state index in [4.69, 9.17) is 18.3 Å². The fraction of sp³-hybridized carbons (Fsp3) is 0.627. The Hall–Kier alpha value is -3.00. The molecule has 8 nitrogen and oxygen atoms in total. The number of phosphoric ester groups is 1. The molecule has 2 fully saturated rings. The standard InChI is InChI=1S/C51H69F5NO7PS/c1-49-30-27-44-43-24-23-42(64-65(59,61-36-38-18-11-9-12-19-38)62-37-39-20-13-10-14-21-39)35-41(43)34-40(48(44)45(49)25-26-46(49)63-47(58)28-31-57(2)3)22-15-7-5-4-6-8-16-32-66(60)33-17-29-50(52,53)51(54,55)56/h9-14,18-21,23-24,35,40,44-46,48H,4-8,15-17,22,25-34,36-37H2,1-3H3/t40-,44-,45+,46+,48-,49+,66?/m1/s1. The van der Waals surface area contributed by atoms with E-state index in [1.165, 1.54) is 11.1 Å². The first-order valence-corrected chi connectivity index (χ1v) is 26.8. The largest absolute Gasteiger partial charge is 0.616 e. The van der Waals surface area contributed by atoms with Crippen LogP contribution in [0.3, 0.4) is 0 Å². The third-order valence-corrected chi connectivity index (χ3v) is 17.0. The molecule has 0 N–H and O–H groups in total. The van der Waals surface area contributed by atoms with Gasteiger partial charge in [-0.1, -0.05) is 117 Å². The second-order valence-electron chi connectivity index (χ2n) is 19.2. The summed E-state index contributed by atoms with van der Waals surface area (Å²) in [6.45, 7) is 3.11. The van der Waals surface area contributed by atoms with Crippen molar-refractivity contribution in [1.82, 2.24) is 4.90 Å². The molecule has 15 heteroatoms. The van der Waals surface area contributed by atoms with Gasteiger partial charge in [0.05, 0.1) is 19.6 Å². The number of esters is 1. The Morgan fingerprint density at radius 1 is 0.818 bits per heavy atom. The Morgan fingerprint density at radius 2 is 1.42 bits per heavy atom. The number of carbonyl (C=O) groups excluding carboxylic acids is 1. The number of halogens is 5. The number of alkyl halides is 5. The molecule has 0 aromatic heterocycles. The molecule has 3 aromatic rings.